The van der Waals surface area contributed by atoms with Gasteiger partial charge in [-0.25, -0.2) is 15.0 Å². The number of aromatic nitrogens is 3. The zero-order chi connectivity index (χ0) is 28.7. The van der Waals surface area contributed by atoms with Gasteiger partial charge >= 0.3 is 0 Å². The fourth-order valence-corrected chi connectivity index (χ4v) is 5.07. The van der Waals surface area contributed by atoms with Crippen LogP contribution in [0.2, 0.25) is 0 Å². The smallest absolute Gasteiger partial charge is 0.164 e. The van der Waals surface area contributed by atoms with E-state index in [4.69, 9.17) is 15.0 Å². The summed E-state index contributed by atoms with van der Waals surface area (Å²) in [5.41, 5.74) is 9.28. The van der Waals surface area contributed by atoms with E-state index in [-0.39, 0.29) is 0 Å². The minimum absolute atomic E-state index is 0.563. The van der Waals surface area contributed by atoms with E-state index in [9.17, 15) is 0 Å². The summed E-state index contributed by atoms with van der Waals surface area (Å²) in [4.78, 5) is 15.0. The van der Waals surface area contributed by atoms with Gasteiger partial charge < -0.3 is 0 Å². The van der Waals surface area contributed by atoms with E-state index in [2.05, 4.69) is 79.9 Å². The van der Waals surface area contributed by atoms with Crippen molar-refractivity contribution in [1.29, 1.82) is 0 Å². The predicted octanol–water partition coefficient (Wildman–Crippen LogP) is 9.94. The lowest BCUT2D eigenvalue weighted by Gasteiger charge is -2.12. The lowest BCUT2D eigenvalue weighted by molar-refractivity contribution is 0.979. The Morgan fingerprint density at radius 1 is 0.619 bits per heavy atom. The second-order valence-corrected chi connectivity index (χ2v) is 10.2. The van der Waals surface area contributed by atoms with Crippen molar-refractivity contribution in [2.45, 2.75) is 12.8 Å². The average Bonchev–Trinajstić information content (AvgIpc) is 3.08. The first-order valence-electron chi connectivity index (χ1n) is 14.2. The minimum Gasteiger partial charge on any atom is -0.208 e. The molecule has 0 N–H and O–H groups in total. The van der Waals surface area contributed by atoms with Crippen LogP contribution in [0.1, 0.15) is 18.7 Å². The summed E-state index contributed by atoms with van der Waals surface area (Å²) in [6.45, 7) is 8.45. The van der Waals surface area contributed by atoms with Crippen LogP contribution in [-0.4, -0.2) is 15.0 Å². The van der Waals surface area contributed by atoms with Crippen LogP contribution < -0.4 is 0 Å². The molecule has 42 heavy (non-hydrogen) atoms. The highest BCUT2D eigenvalue weighted by Crippen LogP contribution is 2.30. The van der Waals surface area contributed by atoms with E-state index >= 15 is 0 Å². The van der Waals surface area contributed by atoms with Crippen LogP contribution in [0.5, 0.6) is 0 Å². The summed E-state index contributed by atoms with van der Waals surface area (Å²) >= 11 is 0. The second-order valence-electron chi connectivity index (χ2n) is 10.2. The molecule has 1 aliphatic carbocycles. The van der Waals surface area contributed by atoms with Crippen LogP contribution in [0, 0.1) is 0 Å². The number of nitrogens with zero attached hydrogens (tertiary/aromatic N) is 3. The molecule has 5 aromatic rings. The molecule has 1 aromatic heterocycles. The molecule has 4 aromatic carbocycles. The second kappa shape index (κ2) is 12.4. The van der Waals surface area contributed by atoms with Crippen molar-refractivity contribution in [2.75, 3.05) is 0 Å². The standard InChI is InChI=1S/C39H31N3/c1-3-29(25-28(2)30-15-7-4-8-16-30)37-40-38(35-23-13-21-33(26-35)31-17-9-5-10-18-31)42-39(41-37)36-24-14-22-34(27-36)32-19-11-6-12-20-32/h3-7,9-15,17-27H,1-2,8,16H2/b29-25+. The first kappa shape index (κ1) is 26.8. The van der Waals surface area contributed by atoms with Gasteiger partial charge in [0.2, 0.25) is 0 Å². The van der Waals surface area contributed by atoms with Crippen LogP contribution in [0.3, 0.4) is 0 Å². The van der Waals surface area contributed by atoms with Crippen molar-refractivity contribution < 1.29 is 0 Å². The third-order valence-corrected chi connectivity index (χ3v) is 7.33. The molecule has 1 aliphatic rings. The zero-order valence-electron chi connectivity index (χ0n) is 23.4. The average molecular weight is 542 g/mol. The van der Waals surface area contributed by atoms with Crippen molar-refractivity contribution in [3.63, 3.8) is 0 Å². The molecule has 0 aliphatic heterocycles. The highest BCUT2D eigenvalue weighted by atomic mass is 15.0. The fourth-order valence-electron chi connectivity index (χ4n) is 5.07. The van der Waals surface area contributed by atoms with E-state index < -0.39 is 0 Å². The van der Waals surface area contributed by atoms with Crippen molar-refractivity contribution in [3.8, 4) is 45.0 Å². The Balaban J connectivity index is 1.48. The molecule has 0 radical (unpaired) electrons. The van der Waals surface area contributed by atoms with Gasteiger partial charge in [0.1, 0.15) is 0 Å². The maximum Gasteiger partial charge on any atom is 0.164 e. The largest absolute Gasteiger partial charge is 0.208 e. The fraction of sp³-hybridized carbons (Fsp3) is 0.0513. The molecular formula is C39H31N3. The molecule has 0 unspecified atom stereocenters. The normalized spacial score (nSPS) is 13.0. The molecule has 3 nitrogen and oxygen atoms in total. The summed E-state index contributed by atoms with van der Waals surface area (Å²) in [6.07, 6.45) is 12.2. The van der Waals surface area contributed by atoms with E-state index in [0.29, 0.717) is 17.5 Å². The van der Waals surface area contributed by atoms with Gasteiger partial charge in [-0.15, -0.1) is 0 Å². The van der Waals surface area contributed by atoms with Gasteiger partial charge in [-0.1, -0.05) is 135 Å². The third-order valence-electron chi connectivity index (χ3n) is 7.33. The van der Waals surface area contributed by atoms with Crippen LogP contribution in [-0.2, 0) is 0 Å². The first-order valence-corrected chi connectivity index (χ1v) is 14.2. The maximum atomic E-state index is 5.00. The Bertz CT molecular complexity index is 1740. The molecule has 0 fully saturated rings. The molecule has 202 valence electrons. The van der Waals surface area contributed by atoms with Gasteiger partial charge in [-0.3, -0.25) is 0 Å². The molecule has 0 bridgehead atoms. The van der Waals surface area contributed by atoms with E-state index in [0.717, 1.165) is 57.4 Å². The number of hydrogen-bond donors (Lipinski definition) is 0. The topological polar surface area (TPSA) is 38.7 Å². The number of hydrogen-bond acceptors (Lipinski definition) is 3. The van der Waals surface area contributed by atoms with Gasteiger partial charge in [0, 0.05) is 16.7 Å². The van der Waals surface area contributed by atoms with Crippen molar-refractivity contribution >= 4 is 5.57 Å². The Kier molecular flexibility index (Phi) is 7.91. The van der Waals surface area contributed by atoms with Gasteiger partial charge in [0.05, 0.1) is 0 Å². The SMILES string of the molecule is C=C/C(=C\C(=C)C1=CC=CCC1)c1nc(-c2cccc(-c3ccccc3)c2)nc(-c2cccc(-c3ccccc3)c2)n1. The lowest BCUT2D eigenvalue weighted by atomic mass is 9.96. The highest BCUT2D eigenvalue weighted by molar-refractivity contribution is 5.77. The van der Waals surface area contributed by atoms with Gasteiger partial charge in [0.25, 0.3) is 0 Å². The highest BCUT2D eigenvalue weighted by Gasteiger charge is 2.15. The van der Waals surface area contributed by atoms with Crippen LogP contribution in [0.4, 0.5) is 0 Å². The van der Waals surface area contributed by atoms with Gasteiger partial charge in [0.15, 0.2) is 17.5 Å². The number of allylic oxidation sites excluding steroid dienone is 8. The van der Waals surface area contributed by atoms with Crippen molar-refractivity contribution in [2.24, 2.45) is 0 Å². The Hall–Kier alpha value is -5.41. The summed E-state index contributed by atoms with van der Waals surface area (Å²) in [5, 5.41) is 0. The van der Waals surface area contributed by atoms with Gasteiger partial charge in [-0.05, 0) is 64.5 Å². The quantitative estimate of drug-likeness (QED) is 0.184. The minimum atomic E-state index is 0.563. The molecule has 0 saturated heterocycles. The van der Waals surface area contributed by atoms with Gasteiger partial charge in [-0.2, -0.15) is 0 Å². The Labute approximate surface area is 247 Å². The number of rotatable bonds is 8. The summed E-state index contributed by atoms with van der Waals surface area (Å²) in [6, 6.07) is 37.3. The van der Waals surface area contributed by atoms with Crippen LogP contribution in [0.15, 0.2) is 164 Å². The maximum absolute atomic E-state index is 5.00. The number of benzene rings is 4. The molecule has 3 heteroatoms. The Morgan fingerprint density at radius 2 is 1.14 bits per heavy atom. The predicted molar refractivity (Wildman–Crippen MR) is 175 cm³/mol. The summed E-state index contributed by atoms with van der Waals surface area (Å²) in [7, 11) is 0. The molecule has 0 atom stereocenters. The molecule has 0 saturated carbocycles. The molecule has 1 heterocycles. The summed E-state index contributed by atoms with van der Waals surface area (Å²) in [5.74, 6) is 1.78. The monoisotopic (exact) mass is 541 g/mol. The van der Waals surface area contributed by atoms with E-state index in [1.54, 1.807) is 6.08 Å². The third kappa shape index (κ3) is 6.01. The van der Waals surface area contributed by atoms with Crippen molar-refractivity contribution in [1.82, 2.24) is 15.0 Å². The zero-order valence-corrected chi connectivity index (χ0v) is 23.4. The lowest BCUT2D eigenvalue weighted by Crippen LogP contribution is -2.03. The molecule has 0 spiro atoms. The van der Waals surface area contributed by atoms with Crippen LogP contribution in [0.25, 0.3) is 50.6 Å². The molecule has 6 rings (SSSR count). The van der Waals surface area contributed by atoms with E-state index in [1.165, 1.54) is 5.57 Å². The molecular weight excluding hydrogens is 510 g/mol. The summed E-state index contributed by atoms with van der Waals surface area (Å²) < 4.78 is 0. The first-order chi connectivity index (χ1) is 20.7. The van der Waals surface area contributed by atoms with Crippen molar-refractivity contribution in [3.05, 3.63) is 170 Å². The molecule has 0 amide bonds. The van der Waals surface area contributed by atoms with Crippen LogP contribution >= 0.6 is 0 Å². The Morgan fingerprint density at radius 3 is 1.64 bits per heavy atom. The van der Waals surface area contributed by atoms with E-state index in [1.807, 2.05) is 66.7 Å².